The summed E-state index contributed by atoms with van der Waals surface area (Å²) in [6.07, 6.45) is 2.32. The van der Waals surface area contributed by atoms with Crippen LogP contribution in [0.25, 0.3) is 0 Å². The number of thiophene rings is 1. The van der Waals surface area contributed by atoms with E-state index in [1.54, 1.807) is 35.2 Å². The summed E-state index contributed by atoms with van der Waals surface area (Å²) in [5.74, 6) is 0.961. The van der Waals surface area contributed by atoms with Crippen molar-refractivity contribution in [2.45, 2.75) is 26.8 Å². The van der Waals surface area contributed by atoms with Gasteiger partial charge in [0.15, 0.2) is 0 Å². The van der Waals surface area contributed by atoms with Crippen LogP contribution in [-0.4, -0.2) is 20.8 Å². The van der Waals surface area contributed by atoms with Crippen molar-refractivity contribution in [3.63, 3.8) is 0 Å². The van der Waals surface area contributed by atoms with Gasteiger partial charge in [-0.25, -0.2) is 4.68 Å². The zero-order chi connectivity index (χ0) is 15.5. The summed E-state index contributed by atoms with van der Waals surface area (Å²) in [6.45, 7) is 4.31. The zero-order valence-corrected chi connectivity index (χ0v) is 13.2. The molecule has 0 saturated carbocycles. The number of nitrogens with zero attached hydrogens (tertiary/aromatic N) is 3. The summed E-state index contributed by atoms with van der Waals surface area (Å²) in [6, 6.07) is 5.81. The van der Waals surface area contributed by atoms with Crippen LogP contribution >= 0.6 is 11.3 Å². The molecule has 114 valence electrons. The third-order valence-electron chi connectivity index (χ3n) is 3.34. The van der Waals surface area contributed by atoms with E-state index in [4.69, 9.17) is 4.52 Å². The molecule has 0 saturated heterocycles. The molecule has 0 aliphatic heterocycles. The van der Waals surface area contributed by atoms with Crippen molar-refractivity contribution in [3.8, 4) is 0 Å². The fourth-order valence-electron chi connectivity index (χ4n) is 2.24. The van der Waals surface area contributed by atoms with Crippen LogP contribution in [0.4, 0.5) is 5.82 Å². The second-order valence-corrected chi connectivity index (χ2v) is 5.85. The molecular formula is C15H16N4O2S. The van der Waals surface area contributed by atoms with E-state index in [0.717, 1.165) is 0 Å². The van der Waals surface area contributed by atoms with E-state index < -0.39 is 0 Å². The maximum absolute atomic E-state index is 12.5. The van der Waals surface area contributed by atoms with Gasteiger partial charge >= 0.3 is 0 Å². The molecule has 0 bridgehead atoms. The van der Waals surface area contributed by atoms with Crippen molar-refractivity contribution in [1.82, 2.24) is 14.9 Å². The van der Waals surface area contributed by atoms with Gasteiger partial charge in [-0.3, -0.25) is 4.79 Å². The molecule has 7 heteroatoms. The minimum atomic E-state index is -0.219. The highest BCUT2D eigenvalue weighted by molar-refractivity contribution is 7.09. The Kier molecular flexibility index (Phi) is 4.06. The van der Waals surface area contributed by atoms with Crippen LogP contribution in [0.5, 0.6) is 0 Å². The summed E-state index contributed by atoms with van der Waals surface area (Å²) in [7, 11) is 0. The van der Waals surface area contributed by atoms with Gasteiger partial charge in [-0.05, 0) is 24.8 Å². The predicted octanol–water partition coefficient (Wildman–Crippen LogP) is 3.10. The van der Waals surface area contributed by atoms with Gasteiger partial charge in [0.2, 0.25) is 0 Å². The van der Waals surface area contributed by atoms with Crippen LogP contribution < -0.4 is 5.32 Å². The molecular weight excluding hydrogens is 300 g/mol. The first-order chi connectivity index (χ1) is 10.7. The van der Waals surface area contributed by atoms with Gasteiger partial charge in [-0.2, -0.15) is 5.10 Å². The first kappa shape index (κ1) is 14.5. The van der Waals surface area contributed by atoms with E-state index in [9.17, 15) is 4.79 Å². The molecule has 0 aliphatic rings. The van der Waals surface area contributed by atoms with Gasteiger partial charge in [0.25, 0.3) is 5.91 Å². The lowest BCUT2D eigenvalue weighted by Crippen LogP contribution is -2.17. The molecule has 0 atom stereocenters. The van der Waals surface area contributed by atoms with Crippen molar-refractivity contribution >= 4 is 23.1 Å². The van der Waals surface area contributed by atoms with Crippen LogP contribution in [-0.2, 0) is 13.0 Å². The Morgan fingerprint density at radius 1 is 1.45 bits per heavy atom. The van der Waals surface area contributed by atoms with E-state index in [-0.39, 0.29) is 5.91 Å². The van der Waals surface area contributed by atoms with Crippen molar-refractivity contribution in [2.24, 2.45) is 0 Å². The number of aromatic nitrogens is 3. The highest BCUT2D eigenvalue weighted by Gasteiger charge is 2.20. The molecule has 3 aromatic heterocycles. The molecule has 1 N–H and O–H groups in total. The van der Waals surface area contributed by atoms with E-state index >= 15 is 0 Å². The molecule has 0 radical (unpaired) electrons. The van der Waals surface area contributed by atoms with Crippen LogP contribution in [0.15, 0.2) is 34.3 Å². The number of rotatable bonds is 5. The number of nitrogens with one attached hydrogen (secondary N) is 1. The van der Waals surface area contributed by atoms with Gasteiger partial charge in [0.05, 0.1) is 18.4 Å². The van der Waals surface area contributed by atoms with Gasteiger partial charge in [-0.15, -0.1) is 11.3 Å². The van der Waals surface area contributed by atoms with Gasteiger partial charge in [0, 0.05) is 10.9 Å². The average molecular weight is 316 g/mol. The fourth-order valence-corrected chi connectivity index (χ4v) is 2.93. The van der Waals surface area contributed by atoms with Crippen LogP contribution in [0.1, 0.15) is 33.6 Å². The summed E-state index contributed by atoms with van der Waals surface area (Å²) in [5.41, 5.74) is 1.17. The highest BCUT2D eigenvalue weighted by atomic mass is 32.1. The standard InChI is InChI=1S/C15H16N4O2S/c1-3-12-14(10(2)21-18-12)15(20)17-13-6-7-16-19(13)9-11-5-4-8-22-11/h4-8H,3,9H2,1-2H3,(H,17,20). The van der Waals surface area contributed by atoms with Crippen LogP contribution in [0, 0.1) is 6.92 Å². The first-order valence-corrected chi connectivity index (χ1v) is 7.87. The predicted molar refractivity (Wildman–Crippen MR) is 84.2 cm³/mol. The number of hydrogen-bond donors (Lipinski definition) is 1. The summed E-state index contributed by atoms with van der Waals surface area (Å²) >= 11 is 1.66. The van der Waals surface area contributed by atoms with Crippen molar-refractivity contribution in [2.75, 3.05) is 5.32 Å². The Balaban J connectivity index is 1.80. The molecule has 0 unspecified atom stereocenters. The van der Waals surface area contributed by atoms with Gasteiger partial charge < -0.3 is 9.84 Å². The Hall–Kier alpha value is -2.41. The molecule has 3 heterocycles. The van der Waals surface area contributed by atoms with Crippen LogP contribution in [0.3, 0.4) is 0 Å². The Labute approximate surface area is 131 Å². The third kappa shape index (κ3) is 2.80. The average Bonchev–Trinajstić information content (AvgIpc) is 3.22. The molecule has 3 aromatic rings. The Bertz CT molecular complexity index is 773. The van der Waals surface area contributed by atoms with Crippen molar-refractivity contribution < 1.29 is 9.32 Å². The molecule has 0 aromatic carbocycles. The lowest BCUT2D eigenvalue weighted by atomic mass is 10.1. The SMILES string of the molecule is CCc1noc(C)c1C(=O)Nc1ccnn1Cc1cccs1. The maximum Gasteiger partial charge on any atom is 0.262 e. The van der Waals surface area contributed by atoms with Crippen molar-refractivity contribution in [1.29, 1.82) is 0 Å². The number of carbonyl (C=O) groups is 1. The number of anilines is 1. The normalized spacial score (nSPS) is 10.8. The Morgan fingerprint density at radius 2 is 2.32 bits per heavy atom. The third-order valence-corrected chi connectivity index (χ3v) is 4.20. The van der Waals surface area contributed by atoms with E-state index in [1.165, 1.54) is 4.88 Å². The number of hydrogen-bond acceptors (Lipinski definition) is 5. The number of amides is 1. The minimum Gasteiger partial charge on any atom is -0.361 e. The Morgan fingerprint density at radius 3 is 3.05 bits per heavy atom. The quantitative estimate of drug-likeness (QED) is 0.785. The molecule has 0 aliphatic carbocycles. The highest BCUT2D eigenvalue weighted by Crippen LogP contribution is 2.18. The first-order valence-electron chi connectivity index (χ1n) is 6.99. The summed E-state index contributed by atoms with van der Waals surface area (Å²) in [5, 5.41) is 13.1. The van der Waals surface area contributed by atoms with E-state index in [0.29, 0.717) is 35.8 Å². The minimum absolute atomic E-state index is 0.219. The fraction of sp³-hybridized carbons (Fsp3) is 0.267. The number of aryl methyl sites for hydroxylation is 2. The monoisotopic (exact) mass is 316 g/mol. The summed E-state index contributed by atoms with van der Waals surface area (Å²) in [4.78, 5) is 13.7. The maximum atomic E-state index is 12.5. The number of carbonyl (C=O) groups excluding carboxylic acids is 1. The topological polar surface area (TPSA) is 73.0 Å². The van der Waals surface area contributed by atoms with Crippen LogP contribution in [0.2, 0.25) is 0 Å². The molecule has 1 amide bonds. The summed E-state index contributed by atoms with van der Waals surface area (Å²) < 4.78 is 6.87. The molecule has 0 fully saturated rings. The largest absolute Gasteiger partial charge is 0.361 e. The second kappa shape index (κ2) is 6.15. The molecule has 3 rings (SSSR count). The lowest BCUT2D eigenvalue weighted by molar-refractivity contribution is 0.102. The second-order valence-electron chi connectivity index (χ2n) is 4.82. The van der Waals surface area contributed by atoms with E-state index in [2.05, 4.69) is 15.6 Å². The smallest absolute Gasteiger partial charge is 0.262 e. The lowest BCUT2D eigenvalue weighted by Gasteiger charge is -2.08. The molecule has 22 heavy (non-hydrogen) atoms. The molecule has 6 nitrogen and oxygen atoms in total. The molecule has 0 spiro atoms. The van der Waals surface area contributed by atoms with Crippen molar-refractivity contribution in [3.05, 3.63) is 51.7 Å². The zero-order valence-electron chi connectivity index (χ0n) is 12.4. The van der Waals surface area contributed by atoms with Gasteiger partial charge in [0.1, 0.15) is 17.1 Å². The van der Waals surface area contributed by atoms with E-state index in [1.807, 2.05) is 24.4 Å². The van der Waals surface area contributed by atoms with Gasteiger partial charge in [-0.1, -0.05) is 18.1 Å².